The molecule has 5 nitrogen and oxygen atoms in total. The van der Waals surface area contributed by atoms with E-state index in [4.69, 9.17) is 5.26 Å². The zero-order valence-corrected chi connectivity index (χ0v) is 11.6. The van der Waals surface area contributed by atoms with Crippen LogP contribution in [0.5, 0.6) is 0 Å². The Bertz CT molecular complexity index is 602. The topological polar surface area (TPSA) is 70.4 Å². The first-order valence-electron chi connectivity index (χ1n) is 5.86. The first kappa shape index (κ1) is 14.2. The third-order valence-electron chi connectivity index (χ3n) is 2.78. The van der Waals surface area contributed by atoms with E-state index in [1.54, 1.807) is 29.2 Å². The summed E-state index contributed by atoms with van der Waals surface area (Å²) >= 11 is 1.31. The van der Waals surface area contributed by atoms with Gasteiger partial charge in [0, 0.05) is 0 Å². The van der Waals surface area contributed by atoms with Crippen LogP contribution >= 0.6 is 11.8 Å². The van der Waals surface area contributed by atoms with Crippen molar-refractivity contribution in [3.05, 3.63) is 46.5 Å². The van der Waals surface area contributed by atoms with Gasteiger partial charge in [0.05, 0.1) is 42.1 Å². The van der Waals surface area contributed by atoms with Crippen LogP contribution in [0.4, 0.5) is 0 Å². The second-order valence-electron chi connectivity index (χ2n) is 4.08. The number of hydrogen-bond donors (Lipinski definition) is 0. The standard InChI is InChI=1S/C14H12N2O3S/c1-19-14(18)6-13-16(12(17)9-20-13)8-11-4-2-10(7-15)3-5-11/h2-6H,8-9H2,1H3/b13-6-. The Kier molecular flexibility index (Phi) is 4.43. The van der Waals surface area contributed by atoms with Crippen molar-refractivity contribution in [2.75, 3.05) is 12.9 Å². The Hall–Kier alpha value is -2.26. The zero-order chi connectivity index (χ0) is 14.5. The van der Waals surface area contributed by atoms with Crippen molar-refractivity contribution in [1.29, 1.82) is 5.26 Å². The van der Waals surface area contributed by atoms with Crippen LogP contribution in [0.2, 0.25) is 0 Å². The third kappa shape index (κ3) is 3.19. The smallest absolute Gasteiger partial charge is 0.333 e. The second kappa shape index (κ2) is 6.26. The number of hydrogen-bond acceptors (Lipinski definition) is 5. The lowest BCUT2D eigenvalue weighted by molar-refractivity contribution is -0.134. The Balaban J connectivity index is 2.16. The molecule has 6 heteroatoms. The van der Waals surface area contributed by atoms with E-state index in [2.05, 4.69) is 4.74 Å². The van der Waals surface area contributed by atoms with E-state index in [0.29, 0.717) is 22.9 Å². The molecule has 1 heterocycles. The first-order chi connectivity index (χ1) is 9.63. The molecule has 0 saturated carbocycles. The fourth-order valence-corrected chi connectivity index (χ4v) is 2.66. The zero-order valence-electron chi connectivity index (χ0n) is 10.8. The molecule has 102 valence electrons. The molecule has 1 aromatic rings. The second-order valence-corrected chi connectivity index (χ2v) is 5.08. The van der Waals surface area contributed by atoms with Gasteiger partial charge in [0.1, 0.15) is 0 Å². The van der Waals surface area contributed by atoms with Crippen LogP contribution in [0, 0.1) is 11.3 Å². The van der Waals surface area contributed by atoms with E-state index in [1.165, 1.54) is 24.9 Å². The lowest BCUT2D eigenvalue weighted by Crippen LogP contribution is -2.24. The predicted octanol–water partition coefficient (Wildman–Crippen LogP) is 1.65. The predicted molar refractivity (Wildman–Crippen MR) is 74.3 cm³/mol. The average Bonchev–Trinajstić information content (AvgIpc) is 2.81. The van der Waals surface area contributed by atoms with Gasteiger partial charge in [-0.2, -0.15) is 5.26 Å². The van der Waals surface area contributed by atoms with Gasteiger partial charge in [-0.15, -0.1) is 0 Å². The van der Waals surface area contributed by atoms with Crippen molar-refractivity contribution in [3.8, 4) is 6.07 Å². The quantitative estimate of drug-likeness (QED) is 0.624. The van der Waals surface area contributed by atoms with Crippen molar-refractivity contribution in [3.63, 3.8) is 0 Å². The van der Waals surface area contributed by atoms with E-state index in [1.807, 2.05) is 6.07 Å². The highest BCUT2D eigenvalue weighted by atomic mass is 32.2. The van der Waals surface area contributed by atoms with Crippen LogP contribution in [-0.2, 0) is 20.9 Å². The highest BCUT2D eigenvalue weighted by Gasteiger charge is 2.27. The highest BCUT2D eigenvalue weighted by molar-refractivity contribution is 8.04. The van der Waals surface area contributed by atoms with Crippen molar-refractivity contribution >= 4 is 23.6 Å². The van der Waals surface area contributed by atoms with Gasteiger partial charge in [0.15, 0.2) is 0 Å². The van der Waals surface area contributed by atoms with Crippen molar-refractivity contribution < 1.29 is 14.3 Å². The molecule has 0 aromatic heterocycles. The lowest BCUT2D eigenvalue weighted by atomic mass is 10.1. The number of methoxy groups -OCH3 is 1. The summed E-state index contributed by atoms with van der Waals surface area (Å²) in [6.07, 6.45) is 1.32. The Morgan fingerprint density at radius 1 is 1.50 bits per heavy atom. The van der Waals surface area contributed by atoms with Crippen molar-refractivity contribution in [1.82, 2.24) is 4.90 Å². The summed E-state index contributed by atoms with van der Waals surface area (Å²) in [6, 6.07) is 9.04. The number of carbonyl (C=O) groups excluding carboxylic acids is 2. The van der Waals surface area contributed by atoms with Crippen molar-refractivity contribution in [2.45, 2.75) is 6.54 Å². The SMILES string of the molecule is COC(=O)/C=C1\SCC(=O)N1Cc1ccc(C#N)cc1. The molecule has 0 atom stereocenters. The summed E-state index contributed by atoms with van der Waals surface area (Å²) in [4.78, 5) is 24.7. The van der Waals surface area contributed by atoms with Gasteiger partial charge in [-0.1, -0.05) is 23.9 Å². The molecule has 1 aromatic carbocycles. The maximum Gasteiger partial charge on any atom is 0.333 e. The van der Waals surface area contributed by atoms with Gasteiger partial charge in [-0.3, -0.25) is 4.79 Å². The maximum atomic E-state index is 11.8. The molecule has 0 spiro atoms. The van der Waals surface area contributed by atoms with Crippen LogP contribution in [0.15, 0.2) is 35.4 Å². The summed E-state index contributed by atoms with van der Waals surface area (Å²) in [5.41, 5.74) is 1.47. The molecule has 1 saturated heterocycles. The number of nitrogens with zero attached hydrogens (tertiary/aromatic N) is 2. The van der Waals surface area contributed by atoms with Crippen LogP contribution in [0.25, 0.3) is 0 Å². The number of thioether (sulfide) groups is 1. The highest BCUT2D eigenvalue weighted by Crippen LogP contribution is 2.30. The molecule has 1 fully saturated rings. The monoisotopic (exact) mass is 288 g/mol. The number of ether oxygens (including phenoxy) is 1. The van der Waals surface area contributed by atoms with Gasteiger partial charge in [0.2, 0.25) is 5.91 Å². The number of amides is 1. The Morgan fingerprint density at radius 2 is 2.20 bits per heavy atom. The molecule has 0 bridgehead atoms. The summed E-state index contributed by atoms with van der Waals surface area (Å²) in [6.45, 7) is 0.375. The Labute approximate surface area is 120 Å². The molecule has 2 rings (SSSR count). The molecule has 0 N–H and O–H groups in total. The molecule has 1 aliphatic heterocycles. The van der Waals surface area contributed by atoms with Crippen LogP contribution in [-0.4, -0.2) is 29.6 Å². The molecule has 1 amide bonds. The fourth-order valence-electron chi connectivity index (χ4n) is 1.73. The van der Waals surface area contributed by atoms with Gasteiger partial charge in [-0.25, -0.2) is 4.79 Å². The van der Waals surface area contributed by atoms with E-state index in [9.17, 15) is 9.59 Å². The summed E-state index contributed by atoms with van der Waals surface area (Å²) in [7, 11) is 1.30. The third-order valence-corrected chi connectivity index (χ3v) is 3.80. The van der Waals surface area contributed by atoms with Crippen molar-refractivity contribution in [2.24, 2.45) is 0 Å². The fraction of sp³-hybridized carbons (Fsp3) is 0.214. The van der Waals surface area contributed by atoms with E-state index >= 15 is 0 Å². The number of nitriles is 1. The largest absolute Gasteiger partial charge is 0.466 e. The summed E-state index contributed by atoms with van der Waals surface area (Å²) in [5, 5.41) is 9.33. The molecule has 1 aliphatic rings. The number of esters is 1. The number of benzene rings is 1. The first-order valence-corrected chi connectivity index (χ1v) is 6.84. The minimum absolute atomic E-state index is 0.0467. The number of rotatable bonds is 3. The van der Waals surface area contributed by atoms with E-state index < -0.39 is 5.97 Å². The minimum atomic E-state index is -0.480. The summed E-state index contributed by atoms with van der Waals surface area (Å²) in [5.74, 6) is -0.208. The molecule has 0 unspecified atom stereocenters. The molecule has 20 heavy (non-hydrogen) atoms. The van der Waals surface area contributed by atoms with E-state index in [0.717, 1.165) is 5.56 Å². The molecule has 0 radical (unpaired) electrons. The van der Waals surface area contributed by atoms with Crippen LogP contribution in [0.3, 0.4) is 0 Å². The average molecular weight is 288 g/mol. The lowest BCUT2D eigenvalue weighted by Gasteiger charge is -2.16. The normalized spacial score (nSPS) is 16.3. The molecular formula is C14H12N2O3S. The minimum Gasteiger partial charge on any atom is -0.466 e. The summed E-state index contributed by atoms with van der Waals surface area (Å²) < 4.78 is 4.57. The Morgan fingerprint density at radius 3 is 2.80 bits per heavy atom. The van der Waals surface area contributed by atoms with Gasteiger partial charge in [0.25, 0.3) is 0 Å². The van der Waals surface area contributed by atoms with Gasteiger partial charge >= 0.3 is 5.97 Å². The molecule has 0 aliphatic carbocycles. The number of carbonyl (C=O) groups is 2. The van der Waals surface area contributed by atoms with Crippen LogP contribution in [0.1, 0.15) is 11.1 Å². The van der Waals surface area contributed by atoms with Gasteiger partial charge < -0.3 is 9.64 Å². The molecular weight excluding hydrogens is 276 g/mol. The van der Waals surface area contributed by atoms with Gasteiger partial charge in [-0.05, 0) is 17.7 Å². The van der Waals surface area contributed by atoms with E-state index in [-0.39, 0.29) is 5.91 Å². The van der Waals surface area contributed by atoms with Crippen LogP contribution < -0.4 is 0 Å². The maximum absolute atomic E-state index is 11.8.